The number of hydrogen-bond donors (Lipinski definition) is 0. The molecule has 1 heterocycles. The van der Waals surface area contributed by atoms with E-state index in [1.807, 2.05) is 24.2 Å². The average Bonchev–Trinajstić information content (AvgIpc) is 2.07. The van der Waals surface area contributed by atoms with Crippen molar-refractivity contribution in [2.75, 3.05) is 0 Å². The standard InChI is InChI=1S/C9H12NS/c1-2-7-11-8-9-3-5-10-6-4-9/h3-7H,2,8H2,1H3. The molecule has 1 aromatic heterocycles. The van der Waals surface area contributed by atoms with Crippen LogP contribution in [0.15, 0.2) is 24.5 Å². The SMILES string of the molecule is CC[CH]SCc1ccncc1. The van der Waals surface area contributed by atoms with Crippen molar-refractivity contribution in [1.82, 2.24) is 4.98 Å². The van der Waals surface area contributed by atoms with Crippen LogP contribution in [-0.4, -0.2) is 4.98 Å². The maximum absolute atomic E-state index is 3.95. The Kier molecular flexibility index (Phi) is 4.06. The van der Waals surface area contributed by atoms with Gasteiger partial charge in [-0.3, -0.25) is 4.98 Å². The summed E-state index contributed by atoms with van der Waals surface area (Å²) in [7, 11) is 0. The number of aromatic nitrogens is 1. The molecule has 0 fully saturated rings. The maximum Gasteiger partial charge on any atom is 0.0270 e. The summed E-state index contributed by atoms with van der Waals surface area (Å²) < 4.78 is 0. The number of pyridine rings is 1. The molecular weight excluding hydrogens is 154 g/mol. The van der Waals surface area contributed by atoms with Crippen molar-refractivity contribution >= 4 is 11.8 Å². The summed E-state index contributed by atoms with van der Waals surface area (Å²) in [6.07, 6.45) is 4.80. The van der Waals surface area contributed by atoms with E-state index in [2.05, 4.69) is 29.8 Å². The lowest BCUT2D eigenvalue weighted by molar-refractivity contribution is 1.19. The van der Waals surface area contributed by atoms with Gasteiger partial charge in [-0.15, -0.1) is 0 Å². The van der Waals surface area contributed by atoms with E-state index in [1.165, 1.54) is 5.56 Å². The summed E-state index contributed by atoms with van der Waals surface area (Å²) in [6, 6.07) is 4.10. The van der Waals surface area contributed by atoms with E-state index >= 15 is 0 Å². The van der Waals surface area contributed by atoms with Gasteiger partial charge in [0.25, 0.3) is 0 Å². The highest BCUT2D eigenvalue weighted by Crippen LogP contribution is 2.14. The van der Waals surface area contributed by atoms with Crippen LogP contribution < -0.4 is 0 Å². The van der Waals surface area contributed by atoms with Crippen molar-refractivity contribution in [3.05, 3.63) is 35.8 Å². The molecule has 0 N–H and O–H groups in total. The highest BCUT2D eigenvalue weighted by molar-refractivity contribution is 8.00. The fourth-order valence-electron chi connectivity index (χ4n) is 0.752. The number of thioether (sulfide) groups is 1. The molecule has 1 radical (unpaired) electrons. The van der Waals surface area contributed by atoms with Crippen LogP contribution in [0.5, 0.6) is 0 Å². The maximum atomic E-state index is 3.95. The molecule has 0 amide bonds. The molecule has 11 heavy (non-hydrogen) atoms. The van der Waals surface area contributed by atoms with Gasteiger partial charge in [-0.25, -0.2) is 0 Å². The second-order valence-electron chi connectivity index (χ2n) is 2.24. The molecule has 59 valence electrons. The van der Waals surface area contributed by atoms with Crippen LogP contribution >= 0.6 is 11.8 Å². The molecule has 0 aliphatic heterocycles. The molecule has 1 nitrogen and oxygen atoms in total. The van der Waals surface area contributed by atoms with Gasteiger partial charge in [-0.05, 0) is 24.1 Å². The lowest BCUT2D eigenvalue weighted by atomic mass is 10.3. The van der Waals surface area contributed by atoms with E-state index in [1.54, 1.807) is 0 Å². The van der Waals surface area contributed by atoms with Gasteiger partial charge in [-0.1, -0.05) is 6.92 Å². The number of nitrogens with zero attached hydrogens (tertiary/aromatic N) is 1. The van der Waals surface area contributed by atoms with E-state index in [4.69, 9.17) is 0 Å². The molecule has 0 aliphatic rings. The topological polar surface area (TPSA) is 12.9 Å². The van der Waals surface area contributed by atoms with Gasteiger partial charge in [0.05, 0.1) is 0 Å². The smallest absolute Gasteiger partial charge is 0.0270 e. The largest absolute Gasteiger partial charge is 0.265 e. The van der Waals surface area contributed by atoms with Crippen LogP contribution in [0.1, 0.15) is 18.9 Å². The van der Waals surface area contributed by atoms with Gasteiger partial charge >= 0.3 is 0 Å². The van der Waals surface area contributed by atoms with E-state index in [9.17, 15) is 0 Å². The molecule has 0 unspecified atom stereocenters. The molecule has 0 atom stereocenters. The van der Waals surface area contributed by atoms with Gasteiger partial charge in [0, 0.05) is 23.9 Å². The lowest BCUT2D eigenvalue weighted by Crippen LogP contribution is -1.79. The Morgan fingerprint density at radius 1 is 1.45 bits per heavy atom. The van der Waals surface area contributed by atoms with Crippen LogP contribution in [0.25, 0.3) is 0 Å². The Labute approximate surface area is 72.2 Å². The monoisotopic (exact) mass is 166 g/mol. The normalized spacial score (nSPS) is 9.91. The first-order valence-corrected chi connectivity index (χ1v) is 4.80. The second kappa shape index (κ2) is 5.19. The Morgan fingerprint density at radius 3 is 2.82 bits per heavy atom. The molecule has 1 aromatic rings. The fourth-order valence-corrected chi connectivity index (χ4v) is 1.49. The van der Waals surface area contributed by atoms with E-state index in [0.29, 0.717) is 0 Å². The Bertz CT molecular complexity index is 186. The first-order valence-electron chi connectivity index (χ1n) is 3.75. The minimum atomic E-state index is 1.07. The molecule has 0 aromatic carbocycles. The van der Waals surface area contributed by atoms with E-state index < -0.39 is 0 Å². The zero-order valence-corrected chi connectivity index (χ0v) is 7.47. The van der Waals surface area contributed by atoms with Gasteiger partial charge in [-0.2, -0.15) is 11.8 Å². The summed E-state index contributed by atoms with van der Waals surface area (Å²) in [4.78, 5) is 3.95. The predicted molar refractivity (Wildman–Crippen MR) is 50.1 cm³/mol. The fraction of sp³-hybridized carbons (Fsp3) is 0.333. The zero-order valence-electron chi connectivity index (χ0n) is 6.66. The van der Waals surface area contributed by atoms with Crippen molar-refractivity contribution in [2.24, 2.45) is 0 Å². The minimum Gasteiger partial charge on any atom is -0.265 e. The zero-order chi connectivity index (χ0) is 7.94. The minimum absolute atomic E-state index is 1.07. The van der Waals surface area contributed by atoms with E-state index in [-0.39, 0.29) is 0 Å². The molecule has 2 heteroatoms. The molecule has 0 bridgehead atoms. The average molecular weight is 166 g/mol. The van der Waals surface area contributed by atoms with Crippen LogP contribution in [0, 0.1) is 5.75 Å². The van der Waals surface area contributed by atoms with Crippen molar-refractivity contribution in [3.8, 4) is 0 Å². The summed E-state index contributed by atoms with van der Waals surface area (Å²) in [5, 5.41) is 0. The summed E-state index contributed by atoms with van der Waals surface area (Å²) >= 11 is 1.85. The summed E-state index contributed by atoms with van der Waals surface area (Å²) in [5.41, 5.74) is 1.34. The van der Waals surface area contributed by atoms with Gasteiger partial charge in [0.15, 0.2) is 0 Å². The van der Waals surface area contributed by atoms with Gasteiger partial charge in [0.2, 0.25) is 0 Å². The van der Waals surface area contributed by atoms with Gasteiger partial charge < -0.3 is 0 Å². The summed E-state index contributed by atoms with van der Waals surface area (Å²) in [6.45, 7) is 2.15. The van der Waals surface area contributed by atoms with Crippen molar-refractivity contribution in [3.63, 3.8) is 0 Å². The van der Waals surface area contributed by atoms with Crippen LogP contribution in [0.3, 0.4) is 0 Å². The molecule has 0 aliphatic carbocycles. The van der Waals surface area contributed by atoms with Crippen LogP contribution in [-0.2, 0) is 5.75 Å². The predicted octanol–water partition coefficient (Wildman–Crippen LogP) is 2.89. The lowest BCUT2D eigenvalue weighted by Gasteiger charge is -1.97. The van der Waals surface area contributed by atoms with Gasteiger partial charge in [0.1, 0.15) is 0 Å². The first-order chi connectivity index (χ1) is 5.43. The first kappa shape index (κ1) is 8.60. The van der Waals surface area contributed by atoms with Crippen LogP contribution in [0.2, 0.25) is 0 Å². The highest BCUT2D eigenvalue weighted by atomic mass is 32.2. The van der Waals surface area contributed by atoms with Crippen molar-refractivity contribution < 1.29 is 0 Å². The van der Waals surface area contributed by atoms with Crippen molar-refractivity contribution in [2.45, 2.75) is 19.1 Å². The Balaban J connectivity index is 2.28. The Morgan fingerprint density at radius 2 is 2.18 bits per heavy atom. The highest BCUT2D eigenvalue weighted by Gasteiger charge is 1.90. The number of rotatable bonds is 4. The summed E-state index contributed by atoms with van der Waals surface area (Å²) in [5.74, 6) is 3.29. The van der Waals surface area contributed by atoms with Crippen LogP contribution in [0.4, 0.5) is 0 Å². The second-order valence-corrected chi connectivity index (χ2v) is 3.20. The molecule has 0 spiro atoms. The van der Waals surface area contributed by atoms with Crippen molar-refractivity contribution in [1.29, 1.82) is 0 Å². The molecule has 0 saturated carbocycles. The Hall–Kier alpha value is -0.500. The third kappa shape index (κ3) is 3.42. The molecule has 0 saturated heterocycles. The third-order valence-corrected chi connectivity index (χ3v) is 2.35. The third-order valence-electron chi connectivity index (χ3n) is 1.28. The van der Waals surface area contributed by atoms with E-state index in [0.717, 1.165) is 12.2 Å². The molecular formula is C9H12NS. The number of hydrogen-bond acceptors (Lipinski definition) is 2. The molecule has 1 rings (SSSR count). The quantitative estimate of drug-likeness (QED) is 0.638.